The van der Waals surface area contributed by atoms with Crippen LogP contribution in [0.4, 0.5) is 5.69 Å². The summed E-state index contributed by atoms with van der Waals surface area (Å²) in [5.41, 5.74) is 12.2. The van der Waals surface area contributed by atoms with Crippen molar-refractivity contribution in [2.24, 2.45) is 10.7 Å². The SMILES string of the molecule is [C-]#[N+]c1cccc(-c2ccc3c(c2)C2(CCSC(N)=N2)C2(CCc4ccccc4CC2)O3)c1. The highest BCUT2D eigenvalue weighted by atomic mass is 32.2. The maximum atomic E-state index is 7.38. The first-order valence-corrected chi connectivity index (χ1v) is 12.5. The van der Waals surface area contributed by atoms with Crippen molar-refractivity contribution in [2.45, 2.75) is 43.2 Å². The maximum absolute atomic E-state index is 7.38. The van der Waals surface area contributed by atoms with E-state index in [2.05, 4.69) is 53.4 Å². The van der Waals surface area contributed by atoms with E-state index in [0.717, 1.165) is 60.3 Å². The molecule has 1 atom stereocenters. The van der Waals surface area contributed by atoms with Crippen LogP contribution in [-0.2, 0) is 18.4 Å². The summed E-state index contributed by atoms with van der Waals surface area (Å²) in [7, 11) is 0. The fourth-order valence-corrected chi connectivity index (χ4v) is 6.71. The molecule has 3 aromatic rings. The van der Waals surface area contributed by atoms with Gasteiger partial charge in [0.2, 0.25) is 0 Å². The third kappa shape index (κ3) is 3.16. The zero-order chi connectivity index (χ0) is 22.5. The monoisotopic (exact) mass is 451 g/mol. The van der Waals surface area contributed by atoms with E-state index < -0.39 is 11.1 Å². The molecule has 0 amide bonds. The van der Waals surface area contributed by atoms with Crippen LogP contribution >= 0.6 is 11.8 Å². The van der Waals surface area contributed by atoms with Crippen LogP contribution in [0, 0.1) is 6.57 Å². The Bertz CT molecular complexity index is 1300. The number of rotatable bonds is 1. The van der Waals surface area contributed by atoms with Crippen molar-refractivity contribution < 1.29 is 4.74 Å². The van der Waals surface area contributed by atoms with Gasteiger partial charge < -0.3 is 10.5 Å². The second kappa shape index (κ2) is 7.67. The molecule has 5 heteroatoms. The smallest absolute Gasteiger partial charge is 0.187 e. The number of aryl methyl sites for hydroxylation is 2. The van der Waals surface area contributed by atoms with Crippen LogP contribution in [0.1, 0.15) is 36.0 Å². The van der Waals surface area contributed by atoms with Crippen molar-refractivity contribution in [1.82, 2.24) is 0 Å². The molecule has 6 rings (SSSR count). The zero-order valence-electron chi connectivity index (χ0n) is 18.4. The molecule has 33 heavy (non-hydrogen) atoms. The largest absolute Gasteiger partial charge is 0.484 e. The molecule has 0 aromatic heterocycles. The number of aliphatic imine (C=N–C) groups is 1. The van der Waals surface area contributed by atoms with E-state index in [0.29, 0.717) is 10.9 Å². The van der Waals surface area contributed by atoms with E-state index in [-0.39, 0.29) is 0 Å². The minimum absolute atomic E-state index is 0.406. The van der Waals surface area contributed by atoms with E-state index in [4.69, 9.17) is 22.0 Å². The molecular weight excluding hydrogens is 426 g/mol. The van der Waals surface area contributed by atoms with Crippen molar-refractivity contribution in [3.63, 3.8) is 0 Å². The summed E-state index contributed by atoms with van der Waals surface area (Å²) >= 11 is 1.64. The average Bonchev–Trinajstić information content (AvgIpc) is 2.96. The molecule has 3 aliphatic rings. The molecule has 0 fully saturated rings. The van der Waals surface area contributed by atoms with Crippen molar-refractivity contribution in [1.29, 1.82) is 0 Å². The van der Waals surface area contributed by atoms with E-state index in [1.807, 2.05) is 18.2 Å². The number of ether oxygens (including phenoxy) is 1. The molecule has 2 heterocycles. The molecule has 164 valence electrons. The summed E-state index contributed by atoms with van der Waals surface area (Å²) < 4.78 is 6.90. The van der Waals surface area contributed by atoms with Crippen molar-refractivity contribution in [2.75, 3.05) is 5.75 Å². The van der Waals surface area contributed by atoms with E-state index in [1.165, 1.54) is 11.1 Å². The Morgan fingerprint density at radius 3 is 2.39 bits per heavy atom. The quantitative estimate of drug-likeness (QED) is 0.444. The van der Waals surface area contributed by atoms with Crippen LogP contribution < -0.4 is 10.5 Å². The minimum Gasteiger partial charge on any atom is -0.484 e. The van der Waals surface area contributed by atoms with E-state index in [9.17, 15) is 0 Å². The predicted octanol–water partition coefficient (Wildman–Crippen LogP) is 6.26. The number of nitrogens with zero attached hydrogens (tertiary/aromatic N) is 2. The zero-order valence-corrected chi connectivity index (χ0v) is 19.2. The van der Waals surface area contributed by atoms with Gasteiger partial charge in [-0.25, -0.2) is 9.84 Å². The lowest BCUT2D eigenvalue weighted by atomic mass is 9.70. The van der Waals surface area contributed by atoms with Gasteiger partial charge in [-0.3, -0.25) is 0 Å². The van der Waals surface area contributed by atoms with Gasteiger partial charge in [-0.2, -0.15) is 0 Å². The molecule has 2 aliphatic heterocycles. The summed E-state index contributed by atoms with van der Waals surface area (Å²) in [5, 5.41) is 0.652. The first-order valence-electron chi connectivity index (χ1n) is 11.5. The van der Waals surface area contributed by atoms with Crippen LogP contribution in [-0.4, -0.2) is 16.5 Å². The average molecular weight is 452 g/mol. The highest BCUT2D eigenvalue weighted by molar-refractivity contribution is 8.13. The second-order valence-electron chi connectivity index (χ2n) is 9.15. The van der Waals surface area contributed by atoms with Crippen LogP contribution in [0.15, 0.2) is 71.7 Å². The van der Waals surface area contributed by atoms with Crippen molar-refractivity contribution in [3.8, 4) is 16.9 Å². The Morgan fingerprint density at radius 1 is 0.909 bits per heavy atom. The van der Waals surface area contributed by atoms with E-state index in [1.54, 1.807) is 11.8 Å². The fourth-order valence-electron chi connectivity index (χ4n) is 5.88. The fraction of sp³-hybridized carbons (Fsp3) is 0.286. The predicted molar refractivity (Wildman–Crippen MR) is 135 cm³/mol. The Hall–Kier alpha value is -3.23. The second-order valence-corrected chi connectivity index (χ2v) is 10.3. The summed E-state index contributed by atoms with van der Waals surface area (Å²) in [5.74, 6) is 1.86. The lowest BCUT2D eigenvalue weighted by Gasteiger charge is -2.43. The third-order valence-corrected chi connectivity index (χ3v) is 8.32. The molecule has 2 N–H and O–H groups in total. The molecule has 0 saturated carbocycles. The minimum atomic E-state index is -0.479. The van der Waals surface area contributed by atoms with Crippen molar-refractivity contribution in [3.05, 3.63) is 94.8 Å². The Labute approximate surface area is 198 Å². The summed E-state index contributed by atoms with van der Waals surface area (Å²) in [6.07, 6.45) is 4.71. The maximum Gasteiger partial charge on any atom is 0.187 e. The van der Waals surface area contributed by atoms with Crippen LogP contribution in [0.2, 0.25) is 0 Å². The number of amidine groups is 1. The Kier molecular flexibility index (Phi) is 4.74. The van der Waals surface area contributed by atoms with Gasteiger partial charge in [0, 0.05) is 11.3 Å². The summed E-state index contributed by atoms with van der Waals surface area (Å²) in [6.45, 7) is 7.38. The van der Waals surface area contributed by atoms with Gasteiger partial charge in [0.05, 0.1) is 6.57 Å². The van der Waals surface area contributed by atoms with Crippen LogP contribution in [0.5, 0.6) is 5.75 Å². The molecule has 2 spiro atoms. The van der Waals surface area contributed by atoms with Gasteiger partial charge in [-0.05, 0) is 72.6 Å². The number of thioether (sulfide) groups is 1. The normalized spacial score (nSPS) is 22.6. The number of hydrogen-bond donors (Lipinski definition) is 1. The van der Waals surface area contributed by atoms with Gasteiger partial charge in [-0.15, -0.1) is 0 Å². The number of hydrogen-bond acceptors (Lipinski definition) is 4. The molecule has 0 radical (unpaired) electrons. The number of nitrogens with two attached hydrogens (primary N) is 1. The third-order valence-electron chi connectivity index (χ3n) is 7.52. The van der Waals surface area contributed by atoms with Crippen LogP contribution in [0.25, 0.3) is 16.0 Å². The van der Waals surface area contributed by atoms with Gasteiger partial charge in [0.1, 0.15) is 16.9 Å². The summed E-state index contributed by atoms with van der Waals surface area (Å²) in [6, 6.07) is 23.0. The van der Waals surface area contributed by atoms with Crippen LogP contribution in [0.3, 0.4) is 0 Å². The van der Waals surface area contributed by atoms with Gasteiger partial charge in [0.25, 0.3) is 0 Å². The molecule has 0 bridgehead atoms. The topological polar surface area (TPSA) is 52.0 Å². The molecular formula is C28H25N3OS. The Morgan fingerprint density at radius 2 is 1.67 bits per heavy atom. The molecule has 0 saturated heterocycles. The standard InChI is InChI=1S/C28H25N3OS/c1-30-23-8-4-7-21(17-23)22-9-10-25-24(18-22)28(15-16-33-26(29)31-28)27(32-25)13-11-19-5-2-3-6-20(19)12-14-27/h2-10,17-18H,11-16H2,(H2,29,31). The number of benzene rings is 3. The molecule has 1 unspecified atom stereocenters. The first kappa shape index (κ1) is 20.4. The lowest BCUT2D eigenvalue weighted by Crippen LogP contribution is -2.53. The Balaban J connectivity index is 1.49. The highest BCUT2D eigenvalue weighted by Gasteiger charge is 2.61. The molecule has 1 aliphatic carbocycles. The number of fused-ring (bicyclic) bond motifs is 4. The summed E-state index contributed by atoms with van der Waals surface area (Å²) in [4.78, 5) is 8.79. The van der Waals surface area contributed by atoms with Gasteiger partial charge in [-0.1, -0.05) is 60.3 Å². The van der Waals surface area contributed by atoms with E-state index >= 15 is 0 Å². The van der Waals surface area contributed by atoms with Gasteiger partial charge >= 0.3 is 0 Å². The molecule has 3 aromatic carbocycles. The van der Waals surface area contributed by atoms with Gasteiger partial charge in [0.15, 0.2) is 10.9 Å². The first-order chi connectivity index (χ1) is 16.1. The lowest BCUT2D eigenvalue weighted by molar-refractivity contribution is 0.00347. The van der Waals surface area contributed by atoms with Crippen molar-refractivity contribution >= 4 is 22.6 Å². The molecule has 4 nitrogen and oxygen atoms in total. The highest BCUT2D eigenvalue weighted by Crippen LogP contribution is 2.59.